The lowest BCUT2D eigenvalue weighted by Gasteiger charge is -2.23. The van der Waals surface area contributed by atoms with Gasteiger partial charge in [-0.2, -0.15) is 5.10 Å². The number of halogens is 2. The number of thioether (sulfide) groups is 1. The number of carbonyl (C=O) groups is 2. The zero-order chi connectivity index (χ0) is 29.9. The molecule has 0 saturated carbocycles. The van der Waals surface area contributed by atoms with Crippen LogP contribution in [-0.2, 0) is 16.1 Å². The molecular formula is C34H28F2N4O2S. The summed E-state index contributed by atoms with van der Waals surface area (Å²) in [5, 5.41) is 7.46. The summed E-state index contributed by atoms with van der Waals surface area (Å²) >= 11 is 1.38. The summed E-state index contributed by atoms with van der Waals surface area (Å²) in [4.78, 5) is 28.6. The minimum absolute atomic E-state index is 0.0726. The highest BCUT2D eigenvalue weighted by Gasteiger charge is 2.37. The Labute approximate surface area is 252 Å². The van der Waals surface area contributed by atoms with Crippen molar-refractivity contribution in [3.05, 3.63) is 137 Å². The molecule has 2 heterocycles. The van der Waals surface area contributed by atoms with Crippen molar-refractivity contribution in [3.8, 4) is 16.9 Å². The van der Waals surface area contributed by atoms with E-state index in [2.05, 4.69) is 5.32 Å². The molecule has 43 heavy (non-hydrogen) atoms. The van der Waals surface area contributed by atoms with Crippen LogP contribution in [0.25, 0.3) is 16.9 Å². The Morgan fingerprint density at radius 2 is 1.67 bits per heavy atom. The third kappa shape index (κ3) is 6.08. The van der Waals surface area contributed by atoms with Gasteiger partial charge in [0.05, 0.1) is 22.4 Å². The molecule has 0 spiro atoms. The third-order valence-electron chi connectivity index (χ3n) is 7.27. The van der Waals surface area contributed by atoms with E-state index in [1.807, 2.05) is 67.6 Å². The van der Waals surface area contributed by atoms with Crippen LogP contribution >= 0.6 is 11.8 Å². The Bertz CT molecular complexity index is 1770. The van der Waals surface area contributed by atoms with Crippen LogP contribution in [0, 0.1) is 18.6 Å². The van der Waals surface area contributed by atoms with Crippen molar-refractivity contribution in [2.75, 3.05) is 17.2 Å². The van der Waals surface area contributed by atoms with Crippen molar-refractivity contribution in [3.63, 3.8) is 0 Å². The van der Waals surface area contributed by atoms with Crippen LogP contribution < -0.4 is 10.2 Å². The normalized spacial score (nSPS) is 14.7. The van der Waals surface area contributed by atoms with Gasteiger partial charge in [-0.25, -0.2) is 13.5 Å². The summed E-state index contributed by atoms with van der Waals surface area (Å²) in [6.45, 7) is 1.91. The van der Waals surface area contributed by atoms with Gasteiger partial charge in [0.2, 0.25) is 11.8 Å². The molecule has 9 heteroatoms. The molecule has 0 bridgehead atoms. The van der Waals surface area contributed by atoms with Crippen LogP contribution in [0.3, 0.4) is 0 Å². The van der Waals surface area contributed by atoms with Gasteiger partial charge in [-0.15, -0.1) is 11.8 Å². The Balaban J connectivity index is 1.49. The van der Waals surface area contributed by atoms with Gasteiger partial charge in [-0.3, -0.25) is 14.5 Å². The summed E-state index contributed by atoms with van der Waals surface area (Å²) in [5.41, 5.74) is 5.41. The van der Waals surface area contributed by atoms with E-state index in [0.29, 0.717) is 17.1 Å². The van der Waals surface area contributed by atoms with Gasteiger partial charge in [-0.05, 0) is 54.4 Å². The van der Waals surface area contributed by atoms with E-state index in [1.165, 1.54) is 40.9 Å². The maximum Gasteiger partial charge on any atom is 0.240 e. The van der Waals surface area contributed by atoms with Gasteiger partial charge in [0.1, 0.15) is 24.0 Å². The lowest BCUT2D eigenvalue weighted by molar-refractivity contribution is -0.123. The van der Waals surface area contributed by atoms with Crippen molar-refractivity contribution in [2.24, 2.45) is 0 Å². The number of fused-ring (bicyclic) bond motifs is 1. The molecule has 1 aliphatic heterocycles. The van der Waals surface area contributed by atoms with Crippen molar-refractivity contribution in [1.82, 2.24) is 15.1 Å². The average Bonchev–Trinajstić information content (AvgIpc) is 3.34. The number of nitrogens with zero attached hydrogens (tertiary/aromatic N) is 3. The molecule has 0 fully saturated rings. The highest BCUT2D eigenvalue weighted by molar-refractivity contribution is 8.00. The number of amides is 2. The first kappa shape index (κ1) is 28.4. The number of hydrogen-bond donors (Lipinski definition) is 1. The molecule has 1 atom stereocenters. The zero-order valence-corrected chi connectivity index (χ0v) is 24.2. The first-order chi connectivity index (χ1) is 20.9. The number of aromatic nitrogens is 2. The molecule has 5 aromatic rings. The second kappa shape index (κ2) is 12.2. The highest BCUT2D eigenvalue weighted by atomic mass is 32.2. The van der Waals surface area contributed by atoms with E-state index in [4.69, 9.17) is 5.10 Å². The molecule has 6 nitrogen and oxygen atoms in total. The number of aryl methyl sites for hydroxylation is 1. The summed E-state index contributed by atoms with van der Waals surface area (Å²) in [5.74, 6) is -0.848. The fourth-order valence-corrected chi connectivity index (χ4v) is 6.32. The Kier molecular flexibility index (Phi) is 8.07. The maximum atomic E-state index is 14.5. The van der Waals surface area contributed by atoms with Crippen LogP contribution in [0.5, 0.6) is 0 Å². The molecule has 0 saturated heterocycles. The Morgan fingerprint density at radius 3 is 2.40 bits per heavy atom. The number of benzene rings is 4. The maximum absolute atomic E-state index is 14.5. The summed E-state index contributed by atoms with van der Waals surface area (Å²) in [6.07, 6.45) is 0. The molecule has 1 aromatic heterocycles. The molecular weight excluding hydrogens is 566 g/mol. The van der Waals surface area contributed by atoms with Gasteiger partial charge in [0.15, 0.2) is 0 Å². The molecule has 2 amide bonds. The van der Waals surface area contributed by atoms with Crippen LogP contribution in [0.4, 0.5) is 14.6 Å². The Morgan fingerprint density at radius 1 is 0.930 bits per heavy atom. The molecule has 0 unspecified atom stereocenters. The van der Waals surface area contributed by atoms with E-state index >= 15 is 0 Å². The number of anilines is 1. The molecule has 1 N–H and O–H groups in total. The number of nitrogens with one attached hydrogen (secondary N) is 1. The first-order valence-electron chi connectivity index (χ1n) is 13.8. The largest absolute Gasteiger partial charge is 0.350 e. The van der Waals surface area contributed by atoms with Crippen LogP contribution in [0.1, 0.15) is 27.5 Å². The van der Waals surface area contributed by atoms with Gasteiger partial charge < -0.3 is 5.32 Å². The summed E-state index contributed by atoms with van der Waals surface area (Å²) in [7, 11) is 0. The summed E-state index contributed by atoms with van der Waals surface area (Å²) < 4.78 is 29.6. The number of hydrogen-bond acceptors (Lipinski definition) is 4. The van der Waals surface area contributed by atoms with Crippen LogP contribution in [0.15, 0.2) is 103 Å². The third-order valence-corrected chi connectivity index (χ3v) is 8.53. The molecule has 4 aromatic carbocycles. The average molecular weight is 595 g/mol. The predicted octanol–water partition coefficient (Wildman–Crippen LogP) is 6.61. The predicted molar refractivity (Wildman–Crippen MR) is 165 cm³/mol. The van der Waals surface area contributed by atoms with Crippen LogP contribution in [-0.4, -0.2) is 33.9 Å². The highest BCUT2D eigenvalue weighted by Crippen LogP contribution is 2.48. The van der Waals surface area contributed by atoms with Crippen molar-refractivity contribution < 1.29 is 18.4 Å². The lowest BCUT2D eigenvalue weighted by atomic mass is 9.99. The quantitative estimate of drug-likeness (QED) is 0.230. The van der Waals surface area contributed by atoms with Gasteiger partial charge >= 0.3 is 0 Å². The molecule has 0 aliphatic carbocycles. The van der Waals surface area contributed by atoms with Gasteiger partial charge in [0.25, 0.3) is 0 Å². The topological polar surface area (TPSA) is 67.2 Å². The van der Waals surface area contributed by atoms with E-state index in [0.717, 1.165) is 27.9 Å². The SMILES string of the molecule is Cc1ccc(-n2nc(-c3ccccc3)c3c2N(CC(=O)NCc2ccc(F)cc2)C(=O)CS[C@@H]3c2cccc(F)c2)cc1. The monoisotopic (exact) mass is 594 g/mol. The number of carbonyl (C=O) groups excluding carboxylic acids is 2. The van der Waals surface area contributed by atoms with Gasteiger partial charge in [-0.1, -0.05) is 72.3 Å². The van der Waals surface area contributed by atoms with Crippen molar-refractivity contribution >= 4 is 29.4 Å². The van der Waals surface area contributed by atoms with Crippen LogP contribution in [0.2, 0.25) is 0 Å². The standard InChI is InChI=1S/C34H28F2N4O2S/c1-22-10-16-28(17-11-22)40-34-31(32(38-40)24-6-3-2-4-7-24)33(25-8-5-9-27(36)18-25)43-21-30(42)39(34)20-29(41)37-19-23-12-14-26(35)15-13-23/h2-18,33H,19-21H2,1H3,(H,37,41)/t33-/m1/s1. The minimum atomic E-state index is -0.434. The van der Waals surface area contributed by atoms with E-state index in [9.17, 15) is 18.4 Å². The van der Waals surface area contributed by atoms with E-state index < -0.39 is 5.25 Å². The first-order valence-corrected chi connectivity index (χ1v) is 14.9. The van der Waals surface area contributed by atoms with Crippen molar-refractivity contribution in [1.29, 1.82) is 0 Å². The Hall–Kier alpha value is -4.76. The van der Waals surface area contributed by atoms with Crippen molar-refractivity contribution in [2.45, 2.75) is 18.7 Å². The number of rotatable bonds is 7. The molecule has 216 valence electrons. The second-order valence-electron chi connectivity index (χ2n) is 10.3. The zero-order valence-electron chi connectivity index (χ0n) is 23.3. The summed E-state index contributed by atoms with van der Waals surface area (Å²) in [6, 6.07) is 29.6. The van der Waals surface area contributed by atoms with Gasteiger partial charge in [0, 0.05) is 17.7 Å². The molecule has 6 rings (SSSR count). The molecule has 0 radical (unpaired) electrons. The molecule has 1 aliphatic rings. The fourth-order valence-electron chi connectivity index (χ4n) is 5.13. The van der Waals surface area contributed by atoms with E-state index in [1.54, 1.807) is 22.9 Å². The smallest absolute Gasteiger partial charge is 0.240 e. The second-order valence-corrected chi connectivity index (χ2v) is 11.4. The lowest BCUT2D eigenvalue weighted by Crippen LogP contribution is -2.42. The minimum Gasteiger partial charge on any atom is -0.350 e. The van der Waals surface area contributed by atoms with E-state index in [-0.39, 0.29) is 42.3 Å². The fraction of sp³-hybridized carbons (Fsp3) is 0.147.